The molecule has 6 aromatic rings. The lowest BCUT2D eigenvalue weighted by Gasteiger charge is -2.06. The Bertz CT molecular complexity index is 2240. The van der Waals surface area contributed by atoms with Crippen LogP contribution in [0, 0.1) is 5.92 Å². The molecule has 0 atom stereocenters. The molecule has 6 rings (SSSR count). The van der Waals surface area contributed by atoms with E-state index in [0.29, 0.717) is 53.7 Å². The topological polar surface area (TPSA) is 206 Å². The second-order valence-electron chi connectivity index (χ2n) is 13.4. The van der Waals surface area contributed by atoms with Crippen LogP contribution in [-0.4, -0.2) is 76.3 Å². The average molecular weight is 863 g/mol. The van der Waals surface area contributed by atoms with Gasteiger partial charge in [0.05, 0.1) is 49.2 Å². The first-order chi connectivity index (χ1) is 30.2. The van der Waals surface area contributed by atoms with Crippen molar-refractivity contribution < 1.29 is 63.7 Å². The zero-order chi connectivity index (χ0) is 46.6. The molecule has 332 valence electrons. The number of benzene rings is 6. The molecule has 6 aromatic carbocycles. The molecule has 0 unspecified atom stereocenters. The van der Waals surface area contributed by atoms with Crippen molar-refractivity contribution in [2.45, 2.75) is 34.1 Å². The fraction of sp³-hybridized carbons (Fsp3) is 0.200. The lowest BCUT2D eigenvalue weighted by Crippen LogP contribution is -2.09. The van der Waals surface area contributed by atoms with Crippen molar-refractivity contribution >= 4 is 23.9 Å². The molecule has 0 bridgehead atoms. The summed E-state index contributed by atoms with van der Waals surface area (Å²) in [7, 11) is 1.31. The zero-order valence-corrected chi connectivity index (χ0v) is 35.8. The molecule has 0 saturated heterocycles. The van der Waals surface area contributed by atoms with E-state index in [-0.39, 0.29) is 40.9 Å². The number of para-hydroxylation sites is 1. The Morgan fingerprint density at radius 2 is 0.825 bits per heavy atom. The molecule has 63 heavy (non-hydrogen) atoms. The maximum Gasteiger partial charge on any atom is 0.338 e. The van der Waals surface area contributed by atoms with E-state index in [0.717, 1.165) is 17.5 Å². The summed E-state index contributed by atoms with van der Waals surface area (Å²) in [6, 6.07) is 41.0. The number of carbonyl (C=O) groups excluding carboxylic acids is 4. The Morgan fingerprint density at radius 1 is 0.460 bits per heavy atom. The van der Waals surface area contributed by atoms with Gasteiger partial charge in [-0.2, -0.15) is 0 Å². The molecule has 0 radical (unpaired) electrons. The van der Waals surface area contributed by atoms with Gasteiger partial charge >= 0.3 is 23.9 Å². The number of carbonyl (C=O) groups is 4. The van der Waals surface area contributed by atoms with Gasteiger partial charge in [0.15, 0.2) is 0 Å². The number of ether oxygens (including phenoxy) is 4. The first-order valence-corrected chi connectivity index (χ1v) is 19.8. The van der Waals surface area contributed by atoms with Crippen LogP contribution >= 0.6 is 0 Å². The number of phenols is 5. The van der Waals surface area contributed by atoms with E-state index in [1.807, 2.05) is 69.3 Å². The van der Waals surface area contributed by atoms with Gasteiger partial charge in [0, 0.05) is 5.56 Å². The summed E-state index contributed by atoms with van der Waals surface area (Å²) in [6.45, 7) is 8.84. The van der Waals surface area contributed by atoms with E-state index >= 15 is 0 Å². The highest BCUT2D eigenvalue weighted by Crippen LogP contribution is 2.27. The van der Waals surface area contributed by atoms with E-state index < -0.39 is 5.97 Å². The van der Waals surface area contributed by atoms with Gasteiger partial charge in [-0.1, -0.05) is 69.3 Å². The normalized spacial score (nSPS) is 9.68. The summed E-state index contributed by atoms with van der Waals surface area (Å²) in [6.07, 6.45) is 0.809. The highest BCUT2D eigenvalue weighted by Gasteiger charge is 2.08. The quantitative estimate of drug-likeness (QED) is 0.0643. The molecule has 0 aliphatic rings. The Kier molecular flexibility index (Phi) is 23.3. The molecule has 13 heteroatoms. The Labute approximate surface area is 367 Å². The summed E-state index contributed by atoms with van der Waals surface area (Å²) >= 11 is 0. The van der Waals surface area contributed by atoms with Gasteiger partial charge in [-0.05, 0) is 128 Å². The standard InChI is InChI=1S/C12H10O.C11H14O3.C10H12O3.C9H10O3.C8H8O3/c13-12-9-5-4-8-11(12)10-6-2-1-3-7-10;1-8(2)7-14-11(13)9-3-5-10(12)6-4-9;1-2-7-13-10(12)8-3-5-9(11)6-4-8;1-2-12-9(11)7-3-5-8(10)6-4-7;1-11-8(10)6-2-4-7(9)5-3-6/h1-9,13H;3-6,8,12H,7H2,1-2H3;3-6,11H,2,7H2,1H3;3-6,10H,2H2,1H3;2-5,9H,1H3. The number of rotatable bonds is 10. The number of methoxy groups -OCH3 is 1. The summed E-state index contributed by atoms with van der Waals surface area (Å²) in [5.74, 6) is -0.231. The minimum atomic E-state index is -0.398. The maximum atomic E-state index is 11.4. The van der Waals surface area contributed by atoms with Crippen LogP contribution in [0.3, 0.4) is 0 Å². The van der Waals surface area contributed by atoms with Gasteiger partial charge in [0.25, 0.3) is 0 Å². The minimum absolute atomic E-state index is 0.137. The van der Waals surface area contributed by atoms with Gasteiger partial charge in [-0.15, -0.1) is 0 Å². The SMILES string of the molecule is CC(C)COC(=O)c1ccc(O)cc1.CCCOC(=O)c1ccc(O)cc1.CCOC(=O)c1ccc(O)cc1.COC(=O)c1ccc(O)cc1.Oc1ccccc1-c1ccccc1. The Morgan fingerprint density at radius 3 is 1.19 bits per heavy atom. The smallest absolute Gasteiger partial charge is 0.338 e. The first kappa shape index (κ1) is 51.3. The predicted octanol–water partition coefficient (Wildman–Crippen LogP) is 9.97. The third-order valence-corrected chi connectivity index (χ3v) is 7.85. The van der Waals surface area contributed by atoms with Gasteiger partial charge in [0.1, 0.15) is 28.7 Å². The van der Waals surface area contributed by atoms with Crippen molar-refractivity contribution in [3.8, 4) is 39.9 Å². The maximum absolute atomic E-state index is 11.4. The largest absolute Gasteiger partial charge is 0.508 e. The van der Waals surface area contributed by atoms with Crippen molar-refractivity contribution in [2.24, 2.45) is 5.92 Å². The van der Waals surface area contributed by atoms with Crippen molar-refractivity contribution in [3.05, 3.63) is 174 Å². The number of hydrogen-bond acceptors (Lipinski definition) is 13. The van der Waals surface area contributed by atoms with Crippen LogP contribution in [0.15, 0.2) is 152 Å². The molecule has 13 nitrogen and oxygen atoms in total. The lowest BCUT2D eigenvalue weighted by atomic mass is 10.1. The molecule has 0 spiro atoms. The monoisotopic (exact) mass is 862 g/mol. The van der Waals surface area contributed by atoms with Crippen LogP contribution < -0.4 is 0 Å². The molecule has 0 saturated carbocycles. The fourth-order valence-electron chi connectivity index (χ4n) is 4.66. The Balaban J connectivity index is 0.000000271. The number of phenolic OH excluding ortho intramolecular Hbond substituents is 5. The average Bonchev–Trinajstić information content (AvgIpc) is 3.29. The van der Waals surface area contributed by atoms with Gasteiger partial charge < -0.3 is 44.5 Å². The molecule has 0 aliphatic carbocycles. The molecule has 0 fully saturated rings. The fourth-order valence-corrected chi connectivity index (χ4v) is 4.66. The summed E-state index contributed by atoms with van der Waals surface area (Å²) < 4.78 is 19.1. The summed E-state index contributed by atoms with van der Waals surface area (Å²) in [5.41, 5.74) is 3.73. The van der Waals surface area contributed by atoms with Crippen LogP contribution in [0.4, 0.5) is 0 Å². The Hall–Kier alpha value is -7.80. The van der Waals surface area contributed by atoms with Crippen LogP contribution in [0.1, 0.15) is 75.5 Å². The molecule has 5 N–H and O–H groups in total. The van der Waals surface area contributed by atoms with E-state index in [1.165, 1.54) is 104 Å². The second-order valence-corrected chi connectivity index (χ2v) is 13.4. The van der Waals surface area contributed by atoms with Gasteiger partial charge in [-0.3, -0.25) is 0 Å². The first-order valence-electron chi connectivity index (χ1n) is 19.8. The highest BCUT2D eigenvalue weighted by atomic mass is 16.5. The van der Waals surface area contributed by atoms with E-state index in [2.05, 4.69) is 4.74 Å². The molecular formula is C50H54O13. The number of hydrogen-bond donors (Lipinski definition) is 5. The van der Waals surface area contributed by atoms with Crippen molar-refractivity contribution in [2.75, 3.05) is 26.9 Å². The molecule has 0 aliphatic heterocycles. The molecular weight excluding hydrogens is 809 g/mol. The minimum Gasteiger partial charge on any atom is -0.508 e. The van der Waals surface area contributed by atoms with Crippen LogP contribution in [-0.2, 0) is 18.9 Å². The highest BCUT2D eigenvalue weighted by molar-refractivity contribution is 5.91. The third kappa shape index (κ3) is 20.3. The molecule has 0 aromatic heterocycles. The molecule has 0 heterocycles. The van der Waals surface area contributed by atoms with Gasteiger partial charge in [0.2, 0.25) is 0 Å². The summed E-state index contributed by atoms with van der Waals surface area (Å²) in [4.78, 5) is 44.4. The van der Waals surface area contributed by atoms with Crippen LogP contribution in [0.25, 0.3) is 11.1 Å². The van der Waals surface area contributed by atoms with E-state index in [1.54, 1.807) is 13.0 Å². The van der Waals surface area contributed by atoms with E-state index in [4.69, 9.17) is 34.6 Å². The predicted molar refractivity (Wildman–Crippen MR) is 239 cm³/mol. The third-order valence-electron chi connectivity index (χ3n) is 7.85. The van der Waals surface area contributed by atoms with Crippen molar-refractivity contribution in [1.82, 2.24) is 0 Å². The zero-order valence-electron chi connectivity index (χ0n) is 35.8. The second kappa shape index (κ2) is 28.6. The van der Waals surface area contributed by atoms with Crippen molar-refractivity contribution in [1.29, 1.82) is 0 Å². The molecule has 0 amide bonds. The lowest BCUT2D eigenvalue weighted by molar-refractivity contribution is 0.0456. The number of esters is 4. The summed E-state index contributed by atoms with van der Waals surface area (Å²) in [5, 5.41) is 45.3. The van der Waals surface area contributed by atoms with E-state index in [9.17, 15) is 24.3 Å². The number of aromatic hydroxyl groups is 5. The van der Waals surface area contributed by atoms with Gasteiger partial charge in [-0.25, -0.2) is 19.2 Å². The van der Waals surface area contributed by atoms with Crippen LogP contribution in [0.5, 0.6) is 28.7 Å². The van der Waals surface area contributed by atoms with Crippen molar-refractivity contribution in [3.63, 3.8) is 0 Å². The van der Waals surface area contributed by atoms with Crippen LogP contribution in [0.2, 0.25) is 0 Å².